The van der Waals surface area contributed by atoms with Gasteiger partial charge >= 0.3 is 0 Å². The Balaban J connectivity index is 1.36. The summed E-state index contributed by atoms with van der Waals surface area (Å²) in [7, 11) is 0. The third-order valence-electron chi connectivity index (χ3n) is 7.23. The van der Waals surface area contributed by atoms with Crippen LogP contribution >= 0.6 is 0 Å². The number of likely N-dealkylation sites (tertiary alicyclic amines) is 1. The number of nitrogens with one attached hydrogen (secondary N) is 1. The van der Waals surface area contributed by atoms with Crippen LogP contribution in [0.1, 0.15) is 64.4 Å². The molecular formula is C31H35N3O3. The fraction of sp³-hybridized carbons (Fsp3) is 0.355. The number of ether oxygens (including phenoxy) is 1. The van der Waals surface area contributed by atoms with Crippen molar-refractivity contribution < 1.29 is 14.3 Å². The van der Waals surface area contributed by atoms with Crippen molar-refractivity contribution in [3.05, 3.63) is 89.0 Å². The van der Waals surface area contributed by atoms with Gasteiger partial charge in [-0.15, -0.1) is 0 Å². The Kier molecular flexibility index (Phi) is 7.73. The molecule has 0 radical (unpaired) electrons. The van der Waals surface area contributed by atoms with E-state index in [1.165, 1.54) is 11.1 Å². The Hall–Kier alpha value is -3.80. The number of hydrogen-bond donors (Lipinski definition) is 1. The molecule has 3 aromatic rings. The number of benzene rings is 3. The van der Waals surface area contributed by atoms with E-state index < -0.39 is 0 Å². The number of carbonyl (C=O) groups is 2. The lowest BCUT2D eigenvalue weighted by Crippen LogP contribution is -2.34. The lowest BCUT2D eigenvalue weighted by atomic mass is 9.98. The first-order chi connectivity index (χ1) is 18.1. The van der Waals surface area contributed by atoms with E-state index in [-0.39, 0.29) is 11.8 Å². The fourth-order valence-corrected chi connectivity index (χ4v) is 5.09. The van der Waals surface area contributed by atoms with Crippen LogP contribution in [-0.2, 0) is 13.0 Å². The molecule has 2 aliphatic heterocycles. The summed E-state index contributed by atoms with van der Waals surface area (Å²) in [6.07, 6.45) is 5.09. The largest absolute Gasteiger partial charge is 0.494 e. The number of carbonyl (C=O) groups excluding carboxylic acids is 2. The highest BCUT2D eigenvalue weighted by molar-refractivity contribution is 6.06. The summed E-state index contributed by atoms with van der Waals surface area (Å²) in [5.74, 6) is 0.589. The average Bonchev–Trinajstić information content (AvgIpc) is 3.48. The third-order valence-corrected chi connectivity index (χ3v) is 7.23. The van der Waals surface area contributed by atoms with Crippen LogP contribution in [0.2, 0.25) is 0 Å². The van der Waals surface area contributed by atoms with Crippen LogP contribution in [0.25, 0.3) is 0 Å². The van der Waals surface area contributed by atoms with Crippen LogP contribution in [0.5, 0.6) is 5.75 Å². The van der Waals surface area contributed by atoms with E-state index in [1.807, 2.05) is 35.2 Å². The van der Waals surface area contributed by atoms with E-state index in [1.54, 1.807) is 12.1 Å². The molecule has 3 aromatic carbocycles. The van der Waals surface area contributed by atoms with E-state index >= 15 is 0 Å². The molecule has 2 amide bonds. The normalized spacial score (nSPS) is 14.8. The SMILES string of the molecule is CCCCOc1ccc(C(=O)Nc2ccc(N3CCc4ccccc4C3)c(C(=O)N3CCCC3)c2)cc1. The number of fused-ring (bicyclic) bond motifs is 1. The minimum atomic E-state index is -0.209. The molecule has 0 aliphatic carbocycles. The van der Waals surface area contributed by atoms with Crippen LogP contribution in [0.3, 0.4) is 0 Å². The first kappa shape index (κ1) is 24.9. The van der Waals surface area contributed by atoms with E-state index in [0.717, 1.165) is 69.7 Å². The molecule has 2 heterocycles. The van der Waals surface area contributed by atoms with Gasteiger partial charge < -0.3 is 19.9 Å². The monoisotopic (exact) mass is 497 g/mol. The van der Waals surface area contributed by atoms with Gasteiger partial charge in [-0.1, -0.05) is 37.6 Å². The number of hydrogen-bond acceptors (Lipinski definition) is 4. The fourth-order valence-electron chi connectivity index (χ4n) is 5.09. The van der Waals surface area contributed by atoms with Crippen molar-refractivity contribution >= 4 is 23.2 Å². The number of amides is 2. The predicted octanol–water partition coefficient (Wildman–Crippen LogP) is 5.92. The van der Waals surface area contributed by atoms with Crippen LogP contribution in [0.4, 0.5) is 11.4 Å². The van der Waals surface area contributed by atoms with Crippen molar-refractivity contribution in [1.82, 2.24) is 4.90 Å². The Morgan fingerprint density at radius 2 is 1.68 bits per heavy atom. The van der Waals surface area contributed by atoms with Crippen molar-refractivity contribution in [2.75, 3.05) is 36.5 Å². The first-order valence-corrected chi connectivity index (χ1v) is 13.4. The second-order valence-electron chi connectivity index (χ2n) is 9.85. The van der Waals surface area contributed by atoms with Gasteiger partial charge in [-0.2, -0.15) is 0 Å². The van der Waals surface area contributed by atoms with Crippen LogP contribution in [0.15, 0.2) is 66.7 Å². The summed E-state index contributed by atoms with van der Waals surface area (Å²) in [6, 6.07) is 21.4. The van der Waals surface area contributed by atoms with Crippen molar-refractivity contribution in [3.63, 3.8) is 0 Å². The van der Waals surface area contributed by atoms with Gasteiger partial charge in [0.1, 0.15) is 5.75 Å². The molecule has 0 aromatic heterocycles. The number of nitrogens with zero attached hydrogens (tertiary/aromatic N) is 2. The molecule has 1 saturated heterocycles. The summed E-state index contributed by atoms with van der Waals surface area (Å²) in [5, 5.41) is 2.99. The molecule has 2 aliphatic rings. The molecule has 0 atom stereocenters. The topological polar surface area (TPSA) is 61.9 Å². The lowest BCUT2D eigenvalue weighted by molar-refractivity contribution is 0.0793. The van der Waals surface area contributed by atoms with Gasteiger partial charge in [0.05, 0.1) is 12.2 Å². The molecule has 1 N–H and O–H groups in total. The molecule has 0 unspecified atom stereocenters. The second kappa shape index (κ2) is 11.5. The zero-order chi connectivity index (χ0) is 25.6. The lowest BCUT2D eigenvalue weighted by Gasteiger charge is -2.33. The highest BCUT2D eigenvalue weighted by Gasteiger charge is 2.26. The summed E-state index contributed by atoms with van der Waals surface area (Å²) in [6.45, 7) is 5.99. The number of rotatable bonds is 8. The van der Waals surface area contributed by atoms with E-state index in [4.69, 9.17) is 4.74 Å². The van der Waals surface area contributed by atoms with Gasteiger partial charge in [-0.25, -0.2) is 0 Å². The van der Waals surface area contributed by atoms with Gasteiger partial charge in [-0.05, 0) is 79.3 Å². The molecule has 192 valence electrons. The third kappa shape index (κ3) is 5.79. The maximum Gasteiger partial charge on any atom is 0.256 e. The molecule has 0 saturated carbocycles. The standard InChI is InChI=1S/C31H35N3O3/c1-2-3-20-37-27-13-10-24(11-14-27)30(35)32-26-12-15-29(28(21-26)31(36)33-17-6-7-18-33)34-19-16-23-8-4-5-9-25(23)22-34/h4-5,8-15,21H,2-3,6-7,16-20,22H2,1H3,(H,32,35). The van der Waals surface area contributed by atoms with Gasteiger partial charge in [0.2, 0.25) is 0 Å². The highest BCUT2D eigenvalue weighted by atomic mass is 16.5. The van der Waals surface area contributed by atoms with E-state index in [0.29, 0.717) is 23.4 Å². The maximum absolute atomic E-state index is 13.6. The minimum absolute atomic E-state index is 0.0380. The van der Waals surface area contributed by atoms with E-state index in [9.17, 15) is 9.59 Å². The highest BCUT2D eigenvalue weighted by Crippen LogP contribution is 2.31. The number of unbranched alkanes of at least 4 members (excludes halogenated alkanes) is 1. The number of anilines is 2. The maximum atomic E-state index is 13.6. The van der Waals surface area contributed by atoms with E-state index in [2.05, 4.69) is 41.4 Å². The van der Waals surface area contributed by atoms with Gasteiger partial charge in [0.15, 0.2) is 0 Å². The quantitative estimate of drug-likeness (QED) is 0.393. The molecule has 0 bridgehead atoms. The van der Waals surface area contributed by atoms with Crippen molar-refractivity contribution in [2.45, 2.75) is 45.6 Å². The summed E-state index contributed by atoms with van der Waals surface area (Å²) >= 11 is 0. The van der Waals surface area contributed by atoms with Crippen molar-refractivity contribution in [2.24, 2.45) is 0 Å². The van der Waals surface area contributed by atoms with Crippen LogP contribution < -0.4 is 15.0 Å². The second-order valence-corrected chi connectivity index (χ2v) is 9.85. The smallest absolute Gasteiger partial charge is 0.256 e. The van der Waals surface area contributed by atoms with Gasteiger partial charge in [0.25, 0.3) is 11.8 Å². The Morgan fingerprint density at radius 3 is 2.43 bits per heavy atom. The zero-order valence-electron chi connectivity index (χ0n) is 21.5. The molecule has 6 heteroatoms. The average molecular weight is 498 g/mol. The van der Waals surface area contributed by atoms with Crippen molar-refractivity contribution in [1.29, 1.82) is 0 Å². The molecular weight excluding hydrogens is 462 g/mol. The molecule has 37 heavy (non-hydrogen) atoms. The summed E-state index contributed by atoms with van der Waals surface area (Å²) in [4.78, 5) is 30.8. The Labute approximate surface area is 219 Å². The Bertz CT molecular complexity index is 1250. The molecule has 6 nitrogen and oxygen atoms in total. The van der Waals surface area contributed by atoms with Crippen molar-refractivity contribution in [3.8, 4) is 5.75 Å². The first-order valence-electron chi connectivity index (χ1n) is 13.4. The van der Waals surface area contributed by atoms with Crippen LogP contribution in [0, 0.1) is 0 Å². The Morgan fingerprint density at radius 1 is 0.919 bits per heavy atom. The van der Waals surface area contributed by atoms with Gasteiger partial charge in [0, 0.05) is 43.1 Å². The van der Waals surface area contributed by atoms with Crippen LogP contribution in [-0.4, -0.2) is 43.0 Å². The van der Waals surface area contributed by atoms with Gasteiger partial charge in [-0.3, -0.25) is 9.59 Å². The minimum Gasteiger partial charge on any atom is -0.494 e. The molecule has 0 spiro atoms. The molecule has 1 fully saturated rings. The summed E-state index contributed by atoms with van der Waals surface area (Å²) in [5.41, 5.74) is 5.42. The molecule has 5 rings (SSSR count). The zero-order valence-corrected chi connectivity index (χ0v) is 21.5. The summed E-state index contributed by atoms with van der Waals surface area (Å²) < 4.78 is 5.70. The predicted molar refractivity (Wildman–Crippen MR) is 148 cm³/mol.